The molecule has 0 aliphatic rings. The molecule has 0 aromatic rings. The van der Waals surface area contributed by atoms with E-state index in [0.29, 0.717) is 0 Å². The Hall–Kier alpha value is -0.860. The Bertz CT molecular complexity index is 208. The van der Waals surface area contributed by atoms with Crippen molar-refractivity contribution >= 4 is 16.8 Å². The van der Waals surface area contributed by atoms with Crippen molar-refractivity contribution in [2.75, 3.05) is 11.5 Å². The van der Waals surface area contributed by atoms with E-state index in [2.05, 4.69) is 5.92 Å². The van der Waals surface area contributed by atoms with E-state index in [1.807, 2.05) is 0 Å². The Kier molecular flexibility index (Phi) is 4.50. The van der Waals surface area contributed by atoms with E-state index in [9.17, 15) is 9.00 Å². The number of nitrogens with two attached hydrogens (primary N) is 1. The van der Waals surface area contributed by atoms with Crippen molar-refractivity contribution in [3.63, 3.8) is 0 Å². The van der Waals surface area contributed by atoms with Gasteiger partial charge in [0, 0.05) is 10.8 Å². The summed E-state index contributed by atoms with van der Waals surface area (Å²) in [5.41, 5.74) is 5.09. The van der Waals surface area contributed by atoms with Gasteiger partial charge in [-0.3, -0.25) is 9.00 Å². The molecule has 0 bridgehead atoms. The van der Waals surface area contributed by atoms with Gasteiger partial charge in [-0.25, -0.2) is 0 Å². The van der Waals surface area contributed by atoms with Crippen LogP contribution in [0.15, 0.2) is 0 Å². The molecule has 0 fully saturated rings. The third-order valence-electron chi connectivity index (χ3n) is 0.927. The van der Waals surface area contributed by atoms with Crippen molar-refractivity contribution in [2.45, 2.75) is 6.04 Å². The Labute approximate surface area is 67.2 Å². The highest BCUT2D eigenvalue weighted by Crippen LogP contribution is 1.86. The minimum absolute atomic E-state index is 0.0565. The van der Waals surface area contributed by atoms with Gasteiger partial charge < -0.3 is 10.8 Å². The van der Waals surface area contributed by atoms with Crippen LogP contribution in [-0.2, 0) is 15.6 Å². The van der Waals surface area contributed by atoms with Crippen molar-refractivity contribution in [3.8, 4) is 12.3 Å². The van der Waals surface area contributed by atoms with Gasteiger partial charge in [0.15, 0.2) is 0 Å². The molecule has 4 nitrogen and oxygen atoms in total. The second-order valence-corrected chi connectivity index (χ2v) is 3.40. The normalized spacial score (nSPS) is 14.9. The first kappa shape index (κ1) is 10.1. The molecule has 0 spiro atoms. The summed E-state index contributed by atoms with van der Waals surface area (Å²) in [5.74, 6) is 0.979. The summed E-state index contributed by atoms with van der Waals surface area (Å²) < 4.78 is 10.8. The van der Waals surface area contributed by atoms with Crippen LogP contribution >= 0.6 is 0 Å². The molecule has 5 heteroatoms. The monoisotopic (exact) mass is 175 g/mol. The minimum Gasteiger partial charge on any atom is -0.480 e. The van der Waals surface area contributed by atoms with Crippen LogP contribution in [0, 0.1) is 12.3 Å². The zero-order valence-electron chi connectivity index (χ0n) is 5.82. The van der Waals surface area contributed by atoms with E-state index in [1.165, 1.54) is 0 Å². The first-order chi connectivity index (χ1) is 5.07. The average molecular weight is 175 g/mol. The van der Waals surface area contributed by atoms with Crippen molar-refractivity contribution in [3.05, 3.63) is 0 Å². The highest BCUT2D eigenvalue weighted by molar-refractivity contribution is 7.85. The molecule has 0 aromatic carbocycles. The molecule has 2 unspecified atom stereocenters. The van der Waals surface area contributed by atoms with Gasteiger partial charge in [0.05, 0.1) is 11.5 Å². The third-order valence-corrected chi connectivity index (χ3v) is 2.15. The van der Waals surface area contributed by atoms with Gasteiger partial charge in [-0.05, 0) is 0 Å². The molecule has 11 heavy (non-hydrogen) atoms. The number of hydrogen-bond donors (Lipinski definition) is 2. The summed E-state index contributed by atoms with van der Waals surface area (Å²) in [6, 6.07) is -1.08. The molecule has 0 aliphatic carbocycles. The van der Waals surface area contributed by atoms with Crippen LogP contribution in [0.2, 0.25) is 0 Å². The summed E-state index contributed by atoms with van der Waals surface area (Å²) in [6.45, 7) is 0. The number of carboxylic acid groups (broad SMARTS) is 1. The molecular weight excluding hydrogens is 166 g/mol. The lowest BCUT2D eigenvalue weighted by atomic mass is 10.4. The van der Waals surface area contributed by atoms with Gasteiger partial charge >= 0.3 is 5.97 Å². The molecule has 3 N–H and O–H groups in total. The van der Waals surface area contributed by atoms with Crippen LogP contribution in [0.5, 0.6) is 0 Å². The summed E-state index contributed by atoms with van der Waals surface area (Å²) in [5, 5.41) is 8.29. The Balaban J connectivity index is 3.77. The van der Waals surface area contributed by atoms with Crippen LogP contribution in [0.4, 0.5) is 0 Å². The molecule has 2 atom stereocenters. The molecule has 0 saturated carbocycles. The van der Waals surface area contributed by atoms with Crippen molar-refractivity contribution in [1.29, 1.82) is 0 Å². The second-order valence-electron chi connectivity index (χ2n) is 1.90. The van der Waals surface area contributed by atoms with Gasteiger partial charge in [-0.2, -0.15) is 0 Å². The highest BCUT2D eigenvalue weighted by atomic mass is 32.2. The maximum atomic E-state index is 10.8. The van der Waals surface area contributed by atoms with Gasteiger partial charge in [-0.15, -0.1) is 6.42 Å². The van der Waals surface area contributed by atoms with Gasteiger partial charge in [-0.1, -0.05) is 5.92 Å². The Morgan fingerprint density at radius 2 is 2.36 bits per heavy atom. The molecule has 0 aromatic heterocycles. The largest absolute Gasteiger partial charge is 0.480 e. The van der Waals surface area contributed by atoms with Crippen LogP contribution in [0.25, 0.3) is 0 Å². The summed E-state index contributed by atoms with van der Waals surface area (Å²) in [6.07, 6.45) is 4.85. The average Bonchev–Trinajstić information content (AvgIpc) is 1.87. The SMILES string of the molecule is C#CCS(=O)CC(N)C(=O)O. The van der Waals surface area contributed by atoms with Gasteiger partial charge in [0.1, 0.15) is 6.04 Å². The first-order valence-electron chi connectivity index (χ1n) is 2.84. The number of aliphatic carboxylic acids is 1. The third kappa shape index (κ3) is 4.53. The van der Waals surface area contributed by atoms with E-state index >= 15 is 0 Å². The molecule has 0 rings (SSSR count). The predicted octanol–water partition coefficient (Wildman–Crippen LogP) is -1.22. The van der Waals surface area contributed by atoms with E-state index in [4.69, 9.17) is 17.3 Å². The lowest BCUT2D eigenvalue weighted by Gasteiger charge is -2.02. The number of rotatable bonds is 4. The summed E-state index contributed by atoms with van der Waals surface area (Å²) in [4.78, 5) is 10.1. The molecule has 0 radical (unpaired) electrons. The van der Waals surface area contributed by atoms with Crippen molar-refractivity contribution < 1.29 is 14.1 Å². The molecule has 0 aliphatic heterocycles. The maximum absolute atomic E-state index is 10.8. The van der Waals surface area contributed by atoms with Crippen molar-refractivity contribution in [2.24, 2.45) is 5.73 Å². The van der Waals surface area contributed by atoms with Crippen LogP contribution in [-0.4, -0.2) is 32.8 Å². The van der Waals surface area contributed by atoms with Crippen LogP contribution in [0.1, 0.15) is 0 Å². The second kappa shape index (κ2) is 4.88. The number of hydrogen-bond acceptors (Lipinski definition) is 3. The fourth-order valence-corrected chi connectivity index (χ4v) is 1.27. The fraction of sp³-hybridized carbons (Fsp3) is 0.500. The zero-order valence-corrected chi connectivity index (χ0v) is 6.63. The van der Waals surface area contributed by atoms with Crippen LogP contribution in [0.3, 0.4) is 0 Å². The predicted molar refractivity (Wildman–Crippen MR) is 42.3 cm³/mol. The number of carboxylic acids is 1. The smallest absolute Gasteiger partial charge is 0.321 e. The van der Waals surface area contributed by atoms with Gasteiger partial charge in [0.2, 0.25) is 0 Å². The van der Waals surface area contributed by atoms with E-state index in [1.54, 1.807) is 0 Å². The van der Waals surface area contributed by atoms with E-state index in [-0.39, 0.29) is 11.5 Å². The quantitative estimate of drug-likeness (QED) is 0.525. The lowest BCUT2D eigenvalue weighted by molar-refractivity contribution is -0.137. The standard InChI is InChI=1S/C6H9NO3S/c1-2-3-11(10)4-5(7)6(8)9/h1,5H,3-4,7H2,(H,8,9). The molecule has 0 saturated heterocycles. The topological polar surface area (TPSA) is 80.4 Å². The van der Waals surface area contributed by atoms with E-state index < -0.39 is 22.8 Å². The molecule has 0 heterocycles. The van der Waals surface area contributed by atoms with Crippen LogP contribution < -0.4 is 5.73 Å². The minimum atomic E-state index is -1.31. The number of carbonyl (C=O) groups is 1. The highest BCUT2D eigenvalue weighted by Gasteiger charge is 2.13. The fourth-order valence-electron chi connectivity index (χ4n) is 0.423. The molecule has 0 amide bonds. The summed E-state index contributed by atoms with van der Waals surface area (Å²) >= 11 is 0. The lowest BCUT2D eigenvalue weighted by Crippen LogP contribution is -2.35. The Morgan fingerprint density at radius 1 is 1.82 bits per heavy atom. The van der Waals surface area contributed by atoms with Gasteiger partial charge in [0.25, 0.3) is 0 Å². The van der Waals surface area contributed by atoms with Crippen molar-refractivity contribution in [1.82, 2.24) is 0 Å². The zero-order chi connectivity index (χ0) is 8.85. The molecular formula is C6H9NO3S. The van der Waals surface area contributed by atoms with E-state index in [0.717, 1.165) is 0 Å². The Morgan fingerprint density at radius 3 is 2.73 bits per heavy atom. The maximum Gasteiger partial charge on any atom is 0.321 e. The molecule has 62 valence electrons. The number of terminal acetylenes is 1. The summed E-state index contributed by atoms with van der Waals surface area (Å²) in [7, 11) is -1.31. The first-order valence-corrected chi connectivity index (χ1v) is 4.33.